The van der Waals surface area contributed by atoms with Crippen LogP contribution < -0.4 is 0 Å². The number of carbonyl (C=O) groups excluding carboxylic acids is 1. The highest BCUT2D eigenvalue weighted by atomic mass is 16.6. The molecule has 0 heterocycles. The van der Waals surface area contributed by atoms with Gasteiger partial charge in [-0.05, 0) is 38.7 Å². The van der Waals surface area contributed by atoms with Crippen LogP contribution in [-0.2, 0) is 16.0 Å². The average Bonchev–Trinajstić information content (AvgIpc) is 2.38. The highest BCUT2D eigenvalue weighted by Gasteiger charge is 2.22. The van der Waals surface area contributed by atoms with Gasteiger partial charge in [0.15, 0.2) is 0 Å². The molecular formula is C18H24O2. The fraction of sp³-hybridized carbons (Fsp3) is 0.389. The highest BCUT2D eigenvalue weighted by Crippen LogP contribution is 2.19. The smallest absolute Gasteiger partial charge is 0.310 e. The van der Waals surface area contributed by atoms with E-state index in [2.05, 4.69) is 12.7 Å². The maximum absolute atomic E-state index is 11.9. The van der Waals surface area contributed by atoms with Crippen molar-refractivity contribution in [2.24, 2.45) is 0 Å². The zero-order valence-electron chi connectivity index (χ0n) is 12.5. The summed E-state index contributed by atoms with van der Waals surface area (Å²) in [7, 11) is 0. The molecule has 0 N–H and O–H groups in total. The van der Waals surface area contributed by atoms with E-state index in [0.29, 0.717) is 6.42 Å². The molecule has 2 heteroatoms. The summed E-state index contributed by atoms with van der Waals surface area (Å²) in [5.74, 6) is -0.164. The number of hydrogen-bond acceptors (Lipinski definition) is 2. The van der Waals surface area contributed by atoms with E-state index in [9.17, 15) is 4.79 Å². The van der Waals surface area contributed by atoms with Crippen LogP contribution in [0.2, 0.25) is 0 Å². The van der Waals surface area contributed by atoms with E-state index in [0.717, 1.165) is 24.8 Å². The largest absolute Gasteiger partial charge is 0.459 e. The molecule has 1 rings (SSSR count). The van der Waals surface area contributed by atoms with Gasteiger partial charge in [0.2, 0.25) is 0 Å². The predicted molar refractivity (Wildman–Crippen MR) is 83.5 cm³/mol. The van der Waals surface area contributed by atoms with Crippen molar-refractivity contribution in [1.29, 1.82) is 0 Å². The summed E-state index contributed by atoms with van der Waals surface area (Å²) in [6.07, 6.45) is 8.95. The molecule has 20 heavy (non-hydrogen) atoms. The van der Waals surface area contributed by atoms with Gasteiger partial charge < -0.3 is 4.74 Å². The minimum absolute atomic E-state index is 0.164. The van der Waals surface area contributed by atoms with E-state index in [1.54, 1.807) is 6.08 Å². The van der Waals surface area contributed by atoms with Gasteiger partial charge >= 0.3 is 5.97 Å². The molecule has 0 amide bonds. The zero-order valence-corrected chi connectivity index (χ0v) is 12.5. The first-order valence-corrected chi connectivity index (χ1v) is 7.07. The normalized spacial score (nSPS) is 11.5. The molecule has 2 nitrogen and oxygen atoms in total. The van der Waals surface area contributed by atoms with Crippen LogP contribution >= 0.6 is 0 Å². The van der Waals surface area contributed by atoms with Crippen LogP contribution in [0.25, 0.3) is 0 Å². The molecule has 0 aliphatic rings. The molecule has 0 fully saturated rings. The Balaban J connectivity index is 2.35. The highest BCUT2D eigenvalue weighted by molar-refractivity contribution is 5.72. The minimum atomic E-state index is -0.409. The third kappa shape index (κ3) is 6.93. The third-order valence-corrected chi connectivity index (χ3v) is 3.00. The molecule has 0 aliphatic carbocycles. The van der Waals surface area contributed by atoms with Gasteiger partial charge in [0.05, 0.1) is 6.42 Å². The second kappa shape index (κ2) is 8.36. The summed E-state index contributed by atoms with van der Waals surface area (Å²) < 4.78 is 5.57. The molecule has 0 atom stereocenters. The van der Waals surface area contributed by atoms with Crippen LogP contribution in [0.15, 0.2) is 55.1 Å². The van der Waals surface area contributed by atoms with E-state index < -0.39 is 5.60 Å². The first-order chi connectivity index (χ1) is 9.53. The minimum Gasteiger partial charge on any atom is -0.459 e. The molecule has 1 aromatic carbocycles. The zero-order chi connectivity index (χ0) is 14.8. The van der Waals surface area contributed by atoms with Gasteiger partial charge in [-0.3, -0.25) is 4.79 Å². The molecule has 0 bridgehead atoms. The van der Waals surface area contributed by atoms with Gasteiger partial charge in [-0.25, -0.2) is 0 Å². The fourth-order valence-electron chi connectivity index (χ4n) is 2.00. The Morgan fingerprint density at radius 2 is 2.00 bits per heavy atom. The number of rotatable bonds is 8. The third-order valence-electron chi connectivity index (χ3n) is 3.00. The average molecular weight is 272 g/mol. The SMILES string of the molecule is C=C/C=C/CCCC(C)(C)OC(=O)Cc1ccccc1. The molecule has 0 radical (unpaired) electrons. The van der Waals surface area contributed by atoms with Gasteiger partial charge in [-0.2, -0.15) is 0 Å². The molecule has 0 aliphatic heterocycles. The van der Waals surface area contributed by atoms with Crippen LogP contribution in [0.3, 0.4) is 0 Å². The summed E-state index contributed by atoms with van der Waals surface area (Å²) in [6.45, 7) is 7.56. The molecule has 0 saturated heterocycles. The van der Waals surface area contributed by atoms with Gasteiger partial charge in [-0.1, -0.05) is 55.1 Å². The van der Waals surface area contributed by atoms with Crippen LogP contribution in [0.5, 0.6) is 0 Å². The second-order valence-corrected chi connectivity index (χ2v) is 5.45. The maximum atomic E-state index is 11.9. The van der Waals surface area contributed by atoms with E-state index in [1.807, 2.05) is 50.3 Å². The van der Waals surface area contributed by atoms with Crippen molar-refractivity contribution in [2.75, 3.05) is 0 Å². The monoisotopic (exact) mass is 272 g/mol. The second-order valence-electron chi connectivity index (χ2n) is 5.45. The maximum Gasteiger partial charge on any atom is 0.310 e. The Hall–Kier alpha value is -1.83. The lowest BCUT2D eigenvalue weighted by atomic mass is 10.0. The number of hydrogen-bond donors (Lipinski definition) is 0. The van der Waals surface area contributed by atoms with Crippen molar-refractivity contribution in [3.05, 3.63) is 60.7 Å². The van der Waals surface area contributed by atoms with Crippen molar-refractivity contribution in [3.63, 3.8) is 0 Å². The van der Waals surface area contributed by atoms with Gasteiger partial charge in [0.25, 0.3) is 0 Å². The summed E-state index contributed by atoms with van der Waals surface area (Å²) in [5.41, 5.74) is 0.579. The summed E-state index contributed by atoms with van der Waals surface area (Å²) in [6, 6.07) is 9.68. The topological polar surface area (TPSA) is 26.3 Å². The van der Waals surface area contributed by atoms with Crippen molar-refractivity contribution in [1.82, 2.24) is 0 Å². The molecular weight excluding hydrogens is 248 g/mol. The Bertz CT molecular complexity index is 444. The van der Waals surface area contributed by atoms with Crippen molar-refractivity contribution in [2.45, 2.75) is 45.1 Å². The lowest BCUT2D eigenvalue weighted by Gasteiger charge is -2.25. The molecule has 0 spiro atoms. The van der Waals surface area contributed by atoms with Crippen LogP contribution in [0, 0.1) is 0 Å². The first-order valence-electron chi connectivity index (χ1n) is 7.07. The summed E-state index contributed by atoms with van der Waals surface area (Å²) in [5, 5.41) is 0. The Morgan fingerprint density at radius 1 is 1.30 bits per heavy atom. The Morgan fingerprint density at radius 3 is 2.65 bits per heavy atom. The van der Waals surface area contributed by atoms with Crippen LogP contribution in [0.4, 0.5) is 0 Å². The fourth-order valence-corrected chi connectivity index (χ4v) is 2.00. The predicted octanol–water partition coefficient (Wildman–Crippen LogP) is 4.46. The quantitative estimate of drug-likeness (QED) is 0.396. The Labute approximate surface area is 122 Å². The van der Waals surface area contributed by atoms with Crippen molar-refractivity contribution in [3.8, 4) is 0 Å². The lowest BCUT2D eigenvalue weighted by molar-refractivity contribution is -0.156. The van der Waals surface area contributed by atoms with Crippen molar-refractivity contribution >= 4 is 5.97 Å². The Kier molecular flexibility index (Phi) is 6.78. The number of carbonyl (C=O) groups is 1. The molecule has 108 valence electrons. The standard InChI is InChI=1S/C18H24O2/c1-4-5-6-7-11-14-18(2,3)20-17(19)15-16-12-9-8-10-13-16/h4-6,8-10,12-13H,1,7,11,14-15H2,2-3H3/b6-5+. The van der Waals surface area contributed by atoms with Crippen molar-refractivity contribution < 1.29 is 9.53 Å². The number of unbranched alkanes of at least 4 members (excludes halogenated alkanes) is 1. The van der Waals surface area contributed by atoms with Gasteiger partial charge in [0.1, 0.15) is 5.60 Å². The van der Waals surface area contributed by atoms with E-state index in [-0.39, 0.29) is 5.97 Å². The lowest BCUT2D eigenvalue weighted by Crippen LogP contribution is -2.28. The number of allylic oxidation sites excluding steroid dienone is 3. The molecule has 1 aromatic rings. The van der Waals surface area contributed by atoms with Gasteiger partial charge in [-0.15, -0.1) is 0 Å². The summed E-state index contributed by atoms with van der Waals surface area (Å²) in [4.78, 5) is 11.9. The van der Waals surface area contributed by atoms with E-state index in [4.69, 9.17) is 4.74 Å². The molecule has 0 saturated carbocycles. The molecule has 0 unspecified atom stereocenters. The van der Waals surface area contributed by atoms with Gasteiger partial charge in [0, 0.05) is 0 Å². The summed E-state index contributed by atoms with van der Waals surface area (Å²) >= 11 is 0. The van der Waals surface area contributed by atoms with Crippen LogP contribution in [-0.4, -0.2) is 11.6 Å². The van der Waals surface area contributed by atoms with E-state index in [1.165, 1.54) is 0 Å². The molecule has 0 aromatic heterocycles. The number of ether oxygens (including phenoxy) is 1. The first kappa shape index (κ1) is 16.2. The van der Waals surface area contributed by atoms with E-state index >= 15 is 0 Å². The number of esters is 1. The van der Waals surface area contributed by atoms with Crippen LogP contribution in [0.1, 0.15) is 38.7 Å². The number of benzene rings is 1.